The van der Waals surface area contributed by atoms with Gasteiger partial charge in [0.15, 0.2) is 0 Å². The van der Waals surface area contributed by atoms with E-state index < -0.39 is 0 Å². The molecule has 1 unspecified atom stereocenters. The van der Waals surface area contributed by atoms with Crippen molar-refractivity contribution in [3.05, 3.63) is 23.8 Å². The maximum Gasteiger partial charge on any atom is 0.256 e. The number of benzene rings is 1. The first-order valence-electron chi connectivity index (χ1n) is 6.61. The molecule has 0 bridgehead atoms. The Morgan fingerprint density at radius 1 is 1.47 bits per heavy atom. The van der Waals surface area contributed by atoms with Crippen molar-refractivity contribution in [1.29, 1.82) is 0 Å². The molecule has 1 heterocycles. The van der Waals surface area contributed by atoms with Gasteiger partial charge in [-0.15, -0.1) is 0 Å². The zero-order chi connectivity index (χ0) is 14.0. The van der Waals surface area contributed by atoms with Crippen molar-refractivity contribution in [3.8, 4) is 5.75 Å². The van der Waals surface area contributed by atoms with Crippen molar-refractivity contribution in [3.63, 3.8) is 0 Å². The van der Waals surface area contributed by atoms with Crippen LogP contribution in [-0.4, -0.2) is 53.5 Å². The lowest BCUT2D eigenvalue weighted by Crippen LogP contribution is -2.53. The SMILES string of the molecule is CCC1CN(C(=O)c2cc(O)ccc2N)CCN1C. The molecule has 0 aliphatic carbocycles. The number of carbonyl (C=O) groups excluding carboxylic acids is 1. The first-order chi connectivity index (χ1) is 9.02. The van der Waals surface area contributed by atoms with Crippen LogP contribution in [0.15, 0.2) is 18.2 Å². The Kier molecular flexibility index (Phi) is 3.95. The average molecular weight is 263 g/mol. The minimum atomic E-state index is -0.0973. The Balaban J connectivity index is 2.18. The summed E-state index contributed by atoms with van der Waals surface area (Å²) < 4.78 is 0. The summed E-state index contributed by atoms with van der Waals surface area (Å²) in [6.45, 7) is 4.39. The van der Waals surface area contributed by atoms with E-state index >= 15 is 0 Å². The van der Waals surface area contributed by atoms with Gasteiger partial charge < -0.3 is 15.7 Å². The van der Waals surface area contributed by atoms with E-state index in [9.17, 15) is 9.90 Å². The van der Waals surface area contributed by atoms with Crippen LogP contribution in [0.4, 0.5) is 5.69 Å². The lowest BCUT2D eigenvalue weighted by atomic mass is 10.1. The number of phenolic OH excluding ortho intramolecular Hbond substituents is 1. The van der Waals surface area contributed by atoms with Crippen molar-refractivity contribution in [2.24, 2.45) is 0 Å². The summed E-state index contributed by atoms with van der Waals surface area (Å²) in [5, 5.41) is 9.49. The summed E-state index contributed by atoms with van der Waals surface area (Å²) in [6, 6.07) is 4.88. The second-order valence-electron chi connectivity index (χ2n) is 5.07. The topological polar surface area (TPSA) is 69.8 Å². The number of nitrogens with two attached hydrogens (primary N) is 1. The largest absolute Gasteiger partial charge is 0.508 e. The van der Waals surface area contributed by atoms with Crippen molar-refractivity contribution in [2.45, 2.75) is 19.4 Å². The molecule has 0 spiro atoms. The van der Waals surface area contributed by atoms with E-state index in [2.05, 4.69) is 18.9 Å². The molecule has 19 heavy (non-hydrogen) atoms. The number of carbonyl (C=O) groups is 1. The fraction of sp³-hybridized carbons (Fsp3) is 0.500. The summed E-state index contributed by atoms with van der Waals surface area (Å²) in [4.78, 5) is 16.5. The molecular weight excluding hydrogens is 242 g/mol. The predicted octanol–water partition coefficient (Wildman–Crippen LogP) is 1.14. The summed E-state index contributed by atoms with van der Waals surface area (Å²) >= 11 is 0. The predicted molar refractivity (Wildman–Crippen MR) is 75.1 cm³/mol. The van der Waals surface area contributed by atoms with Crippen LogP contribution in [0.5, 0.6) is 5.75 Å². The number of hydrogen-bond donors (Lipinski definition) is 2. The fourth-order valence-electron chi connectivity index (χ4n) is 2.47. The summed E-state index contributed by atoms with van der Waals surface area (Å²) in [5.74, 6) is -0.0290. The third kappa shape index (κ3) is 2.81. The zero-order valence-corrected chi connectivity index (χ0v) is 11.5. The molecule has 0 saturated carbocycles. The molecule has 1 aliphatic heterocycles. The van der Waals surface area contributed by atoms with Crippen LogP contribution in [0.3, 0.4) is 0 Å². The molecule has 1 aliphatic rings. The number of hydrogen-bond acceptors (Lipinski definition) is 4. The first-order valence-corrected chi connectivity index (χ1v) is 6.61. The molecular formula is C14H21N3O2. The maximum absolute atomic E-state index is 12.5. The number of nitrogen functional groups attached to an aromatic ring is 1. The van der Waals surface area contributed by atoms with E-state index in [1.54, 1.807) is 6.07 Å². The summed E-state index contributed by atoms with van der Waals surface area (Å²) in [5.41, 5.74) is 6.62. The number of piperazine rings is 1. The molecule has 1 aromatic rings. The highest BCUT2D eigenvalue weighted by molar-refractivity contribution is 5.99. The van der Waals surface area contributed by atoms with Gasteiger partial charge in [-0.25, -0.2) is 0 Å². The lowest BCUT2D eigenvalue weighted by molar-refractivity contribution is 0.0542. The Labute approximate surface area is 113 Å². The molecule has 0 radical (unpaired) electrons. The molecule has 2 rings (SSSR count). The van der Waals surface area contributed by atoms with E-state index in [4.69, 9.17) is 5.73 Å². The lowest BCUT2D eigenvalue weighted by Gasteiger charge is -2.39. The fourth-order valence-corrected chi connectivity index (χ4v) is 2.47. The van der Waals surface area contributed by atoms with Crippen molar-refractivity contribution in [1.82, 2.24) is 9.80 Å². The molecule has 1 saturated heterocycles. The minimum Gasteiger partial charge on any atom is -0.508 e. The van der Waals surface area contributed by atoms with E-state index in [1.165, 1.54) is 12.1 Å². The van der Waals surface area contributed by atoms with Crippen LogP contribution in [0.1, 0.15) is 23.7 Å². The minimum absolute atomic E-state index is 0.0683. The summed E-state index contributed by atoms with van der Waals surface area (Å²) in [7, 11) is 2.08. The van der Waals surface area contributed by atoms with E-state index in [-0.39, 0.29) is 11.7 Å². The number of anilines is 1. The molecule has 5 heteroatoms. The molecule has 1 aromatic carbocycles. The number of aromatic hydroxyl groups is 1. The molecule has 0 aromatic heterocycles. The molecule has 104 valence electrons. The molecule has 5 nitrogen and oxygen atoms in total. The van der Waals surface area contributed by atoms with Gasteiger partial charge in [-0.3, -0.25) is 9.69 Å². The zero-order valence-electron chi connectivity index (χ0n) is 11.5. The van der Waals surface area contributed by atoms with Crippen molar-refractivity contribution >= 4 is 11.6 Å². The highest BCUT2D eigenvalue weighted by Gasteiger charge is 2.27. The van der Waals surface area contributed by atoms with Gasteiger partial charge in [0.1, 0.15) is 5.75 Å². The van der Waals surface area contributed by atoms with E-state index in [1.807, 2.05) is 4.90 Å². The smallest absolute Gasteiger partial charge is 0.256 e. The van der Waals surface area contributed by atoms with Gasteiger partial charge in [0.05, 0.1) is 5.56 Å². The van der Waals surface area contributed by atoms with Gasteiger partial charge >= 0.3 is 0 Å². The molecule has 1 fully saturated rings. The second-order valence-corrected chi connectivity index (χ2v) is 5.07. The van der Waals surface area contributed by atoms with E-state index in [0.717, 1.165) is 13.0 Å². The van der Waals surface area contributed by atoms with Crippen LogP contribution in [0.2, 0.25) is 0 Å². The monoisotopic (exact) mass is 263 g/mol. The standard InChI is InChI=1S/C14H21N3O2/c1-3-10-9-17(7-6-16(10)2)14(19)12-8-11(18)4-5-13(12)15/h4-5,8,10,18H,3,6-7,9,15H2,1-2H3. The Morgan fingerprint density at radius 3 is 2.89 bits per heavy atom. The number of rotatable bonds is 2. The first kappa shape index (κ1) is 13.7. The normalized spacial score (nSPS) is 20.5. The Bertz CT molecular complexity index is 476. The van der Waals surface area contributed by atoms with Crippen LogP contribution in [-0.2, 0) is 0 Å². The van der Waals surface area contributed by atoms with Gasteiger partial charge in [-0.05, 0) is 31.7 Å². The Morgan fingerprint density at radius 2 is 2.21 bits per heavy atom. The highest BCUT2D eigenvalue weighted by atomic mass is 16.3. The second kappa shape index (κ2) is 5.48. The van der Waals surface area contributed by atoms with Crippen LogP contribution < -0.4 is 5.73 Å². The van der Waals surface area contributed by atoms with Crippen LogP contribution >= 0.6 is 0 Å². The van der Waals surface area contributed by atoms with Gasteiger partial charge in [0, 0.05) is 31.4 Å². The third-order valence-electron chi connectivity index (χ3n) is 3.80. The summed E-state index contributed by atoms with van der Waals surface area (Å²) in [6.07, 6.45) is 1.01. The molecule has 3 N–H and O–H groups in total. The number of nitrogens with zero attached hydrogens (tertiary/aromatic N) is 2. The van der Waals surface area contributed by atoms with Gasteiger partial charge in [0.2, 0.25) is 0 Å². The quantitative estimate of drug-likeness (QED) is 0.620. The molecule has 1 amide bonds. The average Bonchev–Trinajstić information content (AvgIpc) is 2.41. The molecule has 1 atom stereocenters. The number of amides is 1. The van der Waals surface area contributed by atoms with Crippen molar-refractivity contribution < 1.29 is 9.90 Å². The van der Waals surface area contributed by atoms with E-state index in [0.29, 0.717) is 30.4 Å². The van der Waals surface area contributed by atoms with Gasteiger partial charge in [-0.1, -0.05) is 6.92 Å². The third-order valence-corrected chi connectivity index (χ3v) is 3.80. The maximum atomic E-state index is 12.5. The van der Waals surface area contributed by atoms with Crippen LogP contribution in [0.25, 0.3) is 0 Å². The number of likely N-dealkylation sites (N-methyl/N-ethyl adjacent to an activating group) is 1. The Hall–Kier alpha value is -1.75. The van der Waals surface area contributed by atoms with Crippen molar-refractivity contribution in [2.75, 3.05) is 32.4 Å². The van der Waals surface area contributed by atoms with Gasteiger partial charge in [0.25, 0.3) is 5.91 Å². The highest BCUT2D eigenvalue weighted by Crippen LogP contribution is 2.22. The van der Waals surface area contributed by atoms with Gasteiger partial charge in [-0.2, -0.15) is 0 Å². The number of phenols is 1. The van der Waals surface area contributed by atoms with Crippen LogP contribution in [0, 0.1) is 0 Å².